The summed E-state index contributed by atoms with van der Waals surface area (Å²) in [4.78, 5) is 31.1. The Labute approximate surface area is 151 Å². The molecule has 0 saturated heterocycles. The number of ether oxygens (including phenoxy) is 1. The maximum absolute atomic E-state index is 12.0. The summed E-state index contributed by atoms with van der Waals surface area (Å²) >= 11 is 8.88. The number of hydrogen-bond donors (Lipinski definition) is 2. The highest BCUT2D eigenvalue weighted by Gasteiger charge is 2.18. The van der Waals surface area contributed by atoms with Gasteiger partial charge in [-0.15, -0.1) is 0 Å². The predicted molar refractivity (Wildman–Crippen MR) is 97.2 cm³/mol. The Balaban J connectivity index is 1.61. The molecule has 6 nitrogen and oxygen atoms in total. The zero-order valence-corrected chi connectivity index (χ0v) is 15.1. The minimum atomic E-state index is -0.209. The summed E-state index contributed by atoms with van der Waals surface area (Å²) in [6.07, 6.45) is 0. The first-order chi connectivity index (χ1) is 11.6. The molecule has 0 radical (unpaired) electrons. The summed E-state index contributed by atoms with van der Waals surface area (Å²) < 4.78 is 5.07. The molecule has 9 heteroatoms. The Morgan fingerprint density at radius 3 is 3.08 bits per heavy atom. The van der Waals surface area contributed by atoms with E-state index in [1.807, 2.05) is 0 Å². The number of carbonyl (C=O) groups excluding carboxylic acids is 1. The van der Waals surface area contributed by atoms with Crippen LogP contribution >= 0.6 is 35.1 Å². The van der Waals surface area contributed by atoms with Crippen LogP contribution in [0.2, 0.25) is 5.02 Å². The average Bonchev–Trinajstić information content (AvgIpc) is 3.02. The number of rotatable bonds is 5. The van der Waals surface area contributed by atoms with Gasteiger partial charge in [0.1, 0.15) is 5.75 Å². The van der Waals surface area contributed by atoms with Gasteiger partial charge < -0.3 is 15.0 Å². The molecule has 2 heterocycles. The monoisotopic (exact) mass is 383 g/mol. The fourth-order valence-electron chi connectivity index (χ4n) is 2.18. The number of anilines is 1. The van der Waals surface area contributed by atoms with E-state index < -0.39 is 0 Å². The molecule has 0 saturated carbocycles. The van der Waals surface area contributed by atoms with Crippen molar-refractivity contribution in [2.45, 2.75) is 16.7 Å². The second kappa shape index (κ2) is 7.50. The summed E-state index contributed by atoms with van der Waals surface area (Å²) in [6, 6.07) is 5.01. The molecule has 0 fully saturated rings. The standard InChI is InChI=1S/C15H14ClN3O3S2/c1-22-12-3-2-8(4-10(12)16)17-13(20)7-24-15-18-11-6-23-5-9(11)14(21)19-15/h2-4H,5-7H2,1H3,(H,17,20)(H,18,19,21). The first-order valence-electron chi connectivity index (χ1n) is 7.03. The van der Waals surface area contributed by atoms with E-state index in [4.69, 9.17) is 16.3 Å². The van der Waals surface area contributed by atoms with Gasteiger partial charge in [0.2, 0.25) is 5.91 Å². The number of halogens is 1. The smallest absolute Gasteiger partial charge is 0.255 e. The molecular formula is C15H14ClN3O3S2. The summed E-state index contributed by atoms with van der Waals surface area (Å²) in [5.41, 5.74) is 2.02. The predicted octanol–water partition coefficient (Wildman–Crippen LogP) is 2.91. The minimum Gasteiger partial charge on any atom is -0.495 e. The number of H-pyrrole nitrogens is 1. The van der Waals surface area contributed by atoms with Gasteiger partial charge in [0, 0.05) is 22.8 Å². The molecule has 0 atom stereocenters. The van der Waals surface area contributed by atoms with Crippen molar-refractivity contribution in [3.63, 3.8) is 0 Å². The maximum Gasteiger partial charge on any atom is 0.255 e. The SMILES string of the molecule is COc1ccc(NC(=O)CSc2nc3c(c(=O)[nH]2)CSC3)cc1Cl. The van der Waals surface area contributed by atoms with Crippen LogP contribution in [0.1, 0.15) is 11.3 Å². The number of nitrogens with zero attached hydrogens (tertiary/aromatic N) is 1. The van der Waals surface area contributed by atoms with Crippen molar-refractivity contribution >= 4 is 46.7 Å². The van der Waals surface area contributed by atoms with E-state index in [1.54, 1.807) is 30.0 Å². The lowest BCUT2D eigenvalue weighted by molar-refractivity contribution is -0.113. The topological polar surface area (TPSA) is 84.1 Å². The zero-order chi connectivity index (χ0) is 17.1. The van der Waals surface area contributed by atoms with Crippen LogP contribution in [0.25, 0.3) is 0 Å². The fraction of sp³-hybridized carbons (Fsp3) is 0.267. The highest BCUT2D eigenvalue weighted by Crippen LogP contribution is 2.28. The Bertz CT molecular complexity index is 841. The van der Waals surface area contributed by atoms with Crippen LogP contribution < -0.4 is 15.6 Å². The normalized spacial score (nSPS) is 12.8. The number of fused-ring (bicyclic) bond motifs is 1. The van der Waals surface area contributed by atoms with Crippen LogP contribution in [0, 0.1) is 0 Å². The number of amides is 1. The lowest BCUT2D eigenvalue weighted by Crippen LogP contribution is -2.17. The summed E-state index contributed by atoms with van der Waals surface area (Å²) in [6.45, 7) is 0. The largest absolute Gasteiger partial charge is 0.495 e. The van der Waals surface area contributed by atoms with Crippen molar-refractivity contribution in [2.24, 2.45) is 0 Å². The van der Waals surface area contributed by atoms with Crippen LogP contribution in [0.3, 0.4) is 0 Å². The summed E-state index contributed by atoms with van der Waals surface area (Å²) in [5.74, 6) is 1.91. The second-order valence-corrected chi connectivity index (χ2v) is 7.33. The molecule has 1 aromatic carbocycles. The molecule has 2 aromatic rings. The molecule has 1 aromatic heterocycles. The van der Waals surface area contributed by atoms with E-state index in [1.165, 1.54) is 18.9 Å². The highest BCUT2D eigenvalue weighted by atomic mass is 35.5. The van der Waals surface area contributed by atoms with Crippen molar-refractivity contribution in [3.8, 4) is 5.75 Å². The lowest BCUT2D eigenvalue weighted by Gasteiger charge is -2.08. The Hall–Kier alpha value is -1.64. The van der Waals surface area contributed by atoms with Crippen LogP contribution in [0.5, 0.6) is 5.75 Å². The summed E-state index contributed by atoms with van der Waals surface area (Å²) in [7, 11) is 1.53. The molecule has 126 valence electrons. The average molecular weight is 384 g/mol. The molecule has 0 unspecified atom stereocenters. The fourth-order valence-corrected chi connectivity index (χ4v) is 4.16. The van der Waals surface area contributed by atoms with E-state index in [-0.39, 0.29) is 17.2 Å². The van der Waals surface area contributed by atoms with Crippen molar-refractivity contribution in [3.05, 3.63) is 44.8 Å². The number of methoxy groups -OCH3 is 1. The lowest BCUT2D eigenvalue weighted by atomic mass is 10.3. The second-order valence-electron chi connectivity index (χ2n) is 4.98. The number of aromatic nitrogens is 2. The third-order valence-corrected chi connectivity index (χ3v) is 5.48. The van der Waals surface area contributed by atoms with Crippen molar-refractivity contribution in [1.82, 2.24) is 9.97 Å². The molecule has 0 bridgehead atoms. The number of benzene rings is 1. The van der Waals surface area contributed by atoms with Crippen LogP contribution in [-0.4, -0.2) is 28.7 Å². The zero-order valence-electron chi connectivity index (χ0n) is 12.7. The molecule has 0 spiro atoms. The van der Waals surface area contributed by atoms with Gasteiger partial charge in [-0.25, -0.2) is 4.98 Å². The van der Waals surface area contributed by atoms with E-state index in [9.17, 15) is 9.59 Å². The van der Waals surface area contributed by atoms with Crippen LogP contribution in [-0.2, 0) is 16.3 Å². The van der Waals surface area contributed by atoms with Gasteiger partial charge in [0.05, 0.1) is 23.6 Å². The van der Waals surface area contributed by atoms with Crippen molar-refractivity contribution in [1.29, 1.82) is 0 Å². The molecule has 1 aliphatic heterocycles. The number of nitrogens with one attached hydrogen (secondary N) is 2. The van der Waals surface area contributed by atoms with Gasteiger partial charge in [-0.05, 0) is 18.2 Å². The molecule has 24 heavy (non-hydrogen) atoms. The van der Waals surface area contributed by atoms with Gasteiger partial charge in [-0.1, -0.05) is 23.4 Å². The third kappa shape index (κ3) is 3.88. The van der Waals surface area contributed by atoms with Gasteiger partial charge in [0.15, 0.2) is 5.16 Å². The van der Waals surface area contributed by atoms with E-state index in [0.29, 0.717) is 27.4 Å². The summed E-state index contributed by atoms with van der Waals surface area (Å²) in [5, 5.41) is 3.63. The van der Waals surface area contributed by atoms with Crippen molar-refractivity contribution in [2.75, 3.05) is 18.2 Å². The van der Waals surface area contributed by atoms with E-state index in [2.05, 4.69) is 15.3 Å². The maximum atomic E-state index is 12.0. The molecule has 1 amide bonds. The third-order valence-electron chi connectivity index (χ3n) is 3.34. The Kier molecular flexibility index (Phi) is 5.37. The van der Waals surface area contributed by atoms with Gasteiger partial charge >= 0.3 is 0 Å². The van der Waals surface area contributed by atoms with Crippen LogP contribution in [0.4, 0.5) is 5.69 Å². The molecule has 1 aliphatic rings. The molecule has 2 N–H and O–H groups in total. The molecule has 3 rings (SSSR count). The quantitative estimate of drug-likeness (QED) is 0.610. The van der Waals surface area contributed by atoms with Gasteiger partial charge in [-0.3, -0.25) is 9.59 Å². The number of aromatic amines is 1. The van der Waals surface area contributed by atoms with Gasteiger partial charge in [-0.2, -0.15) is 11.8 Å². The molecule has 0 aliphatic carbocycles. The first kappa shape index (κ1) is 17.2. The minimum absolute atomic E-state index is 0.116. The van der Waals surface area contributed by atoms with Crippen molar-refractivity contribution < 1.29 is 9.53 Å². The highest BCUT2D eigenvalue weighted by molar-refractivity contribution is 7.99. The number of hydrogen-bond acceptors (Lipinski definition) is 6. The van der Waals surface area contributed by atoms with E-state index in [0.717, 1.165) is 17.0 Å². The number of thioether (sulfide) groups is 2. The van der Waals surface area contributed by atoms with Gasteiger partial charge in [0.25, 0.3) is 5.56 Å². The molecular weight excluding hydrogens is 370 g/mol. The Morgan fingerprint density at radius 1 is 1.50 bits per heavy atom. The number of carbonyl (C=O) groups is 1. The first-order valence-corrected chi connectivity index (χ1v) is 9.54. The Morgan fingerprint density at radius 2 is 2.33 bits per heavy atom. The van der Waals surface area contributed by atoms with Crippen LogP contribution in [0.15, 0.2) is 28.2 Å². The van der Waals surface area contributed by atoms with E-state index >= 15 is 0 Å².